The molecule has 0 amide bonds. The molecule has 0 bridgehead atoms. The summed E-state index contributed by atoms with van der Waals surface area (Å²) in [5.41, 5.74) is 0. The molecule has 18 rings (SSSR count). The van der Waals surface area contributed by atoms with Gasteiger partial charge < -0.3 is 14.2 Å². The topological polar surface area (TPSA) is 37.4 Å². The first kappa shape index (κ1) is 57.5. The molecule has 6 aliphatic heterocycles. The van der Waals surface area contributed by atoms with Crippen molar-refractivity contribution in [1.82, 2.24) is 14.7 Å². The molecule has 30 unspecified atom stereocenters. The van der Waals surface area contributed by atoms with E-state index in [1.165, 1.54) is 231 Å². The summed E-state index contributed by atoms with van der Waals surface area (Å²) in [6.45, 7) is 18.2. The highest BCUT2D eigenvalue weighted by Crippen LogP contribution is 2.66. The summed E-state index contributed by atoms with van der Waals surface area (Å²) >= 11 is 0. The first-order chi connectivity index (χ1) is 41.6. The van der Waals surface area contributed by atoms with E-state index in [1.54, 1.807) is 0 Å². The molecule has 18 fully saturated rings. The first-order valence-corrected chi connectivity index (χ1v) is 39.9. The van der Waals surface area contributed by atoms with Crippen LogP contribution in [0.2, 0.25) is 17.5 Å². The van der Waals surface area contributed by atoms with Gasteiger partial charge in [0.2, 0.25) is 0 Å². The second-order valence-corrected chi connectivity index (χ2v) is 37.0. The molecule has 7 heteroatoms. The van der Waals surface area contributed by atoms with Crippen LogP contribution in [0.3, 0.4) is 0 Å². The molecule has 12 aliphatic carbocycles. The summed E-state index contributed by atoms with van der Waals surface area (Å²) < 4.78 is 21.7. The Morgan fingerprint density at radius 1 is 0.224 bits per heavy atom. The lowest BCUT2D eigenvalue weighted by molar-refractivity contribution is -0.0325. The van der Waals surface area contributed by atoms with Crippen molar-refractivity contribution in [2.45, 2.75) is 381 Å². The molecule has 0 aromatic carbocycles. The molecule has 0 aromatic heterocycles. The van der Waals surface area contributed by atoms with Crippen LogP contribution in [0, 0.1) is 107 Å². The number of ether oxygens (including phenoxy) is 3. The van der Waals surface area contributed by atoms with Gasteiger partial charge in [0.15, 0.2) is 6.71 Å². The molecular weight excluding hydrogens is 1040 g/mol. The highest BCUT2D eigenvalue weighted by atomic mass is 16.5. The van der Waals surface area contributed by atoms with E-state index in [4.69, 9.17) is 14.2 Å². The third-order valence-electron chi connectivity index (χ3n) is 33.6. The van der Waals surface area contributed by atoms with Crippen molar-refractivity contribution >= 4 is 6.71 Å². The molecule has 6 heterocycles. The molecule has 30 atom stereocenters. The van der Waals surface area contributed by atoms with Gasteiger partial charge in [-0.25, -0.2) is 0 Å². The van der Waals surface area contributed by atoms with Gasteiger partial charge in [-0.15, -0.1) is 0 Å². The van der Waals surface area contributed by atoms with Crippen LogP contribution >= 0.6 is 0 Å². The zero-order chi connectivity index (χ0) is 56.7. The van der Waals surface area contributed by atoms with Crippen molar-refractivity contribution in [3.05, 3.63) is 0 Å². The van der Waals surface area contributed by atoms with Crippen LogP contribution in [0.1, 0.15) is 273 Å². The largest absolute Gasteiger partial charge is 0.374 e. The standard InChI is InChI=1S/C78H126BN3O3/c1-43-31-49(80-64-25-13-7-19-52(64)58-37-61-55-22-10-16-28-70(55)83-73(61)40-67(58)80)32-44(2)76(43)79(77-45(3)33-50(34-46(77)4)81-65-26-14-8-20-53(65)59-38-62-56-23-11-17-29-71(56)84-74(62)41-68(59)81)78-47(5)35-51(36-48(78)6)82-66-27-15-9-21-54(66)60-39-63-57-24-12-18-30-72(57)85-75(63)42-69(60)82/h43-78H,7-42H2,1-6H3. The Morgan fingerprint density at radius 3 is 0.753 bits per heavy atom. The SMILES string of the molecule is CC1CC(N2C3CCCCC3C3CC4C(CC32)OC2CCCCC24)CC(C)C1B(C1C(C)CC(N2C3CCCCC3C3CC4C(CC32)OC2CCCCC24)CC1C)C1C(C)CC(N2C3CCCCC3C3CC4C(CC32)OC2CCCCC24)CC1C. The van der Waals surface area contributed by atoms with Crippen molar-refractivity contribution in [1.29, 1.82) is 0 Å². The Morgan fingerprint density at radius 2 is 0.471 bits per heavy atom. The summed E-state index contributed by atoms with van der Waals surface area (Å²) in [7, 11) is 0. The van der Waals surface area contributed by atoms with Crippen LogP contribution in [-0.4, -0.2) is 112 Å². The minimum atomic E-state index is 0.556. The molecule has 0 aromatic rings. The van der Waals surface area contributed by atoms with E-state index in [2.05, 4.69) is 56.2 Å². The number of hydrogen-bond acceptors (Lipinski definition) is 6. The third-order valence-corrected chi connectivity index (χ3v) is 33.6. The fourth-order valence-corrected chi connectivity index (χ4v) is 31.5. The second kappa shape index (κ2) is 22.8. The van der Waals surface area contributed by atoms with Gasteiger partial charge >= 0.3 is 0 Å². The highest BCUT2D eigenvalue weighted by molar-refractivity contribution is 6.64. The average Bonchev–Trinajstić information content (AvgIpc) is 2.05. The van der Waals surface area contributed by atoms with Crippen molar-refractivity contribution in [2.75, 3.05) is 0 Å². The maximum atomic E-state index is 7.24. The molecule has 18 aliphatic rings. The van der Waals surface area contributed by atoms with Gasteiger partial charge in [-0.3, -0.25) is 14.7 Å². The maximum absolute atomic E-state index is 7.24. The minimum absolute atomic E-state index is 0.556. The van der Waals surface area contributed by atoms with Gasteiger partial charge in [-0.05, 0) is 261 Å². The number of nitrogens with zero attached hydrogens (tertiary/aromatic N) is 3. The maximum Gasteiger partial charge on any atom is 0.151 e. The van der Waals surface area contributed by atoms with E-state index in [1.807, 2.05) is 0 Å². The molecular formula is C78H126BN3O3. The third kappa shape index (κ3) is 9.29. The Bertz CT molecular complexity index is 2080. The van der Waals surface area contributed by atoms with Crippen LogP contribution in [-0.2, 0) is 14.2 Å². The van der Waals surface area contributed by atoms with Crippen molar-refractivity contribution < 1.29 is 14.2 Å². The van der Waals surface area contributed by atoms with Crippen LogP contribution in [0.5, 0.6) is 0 Å². The summed E-state index contributed by atoms with van der Waals surface area (Å²) in [5.74, 6) is 18.3. The Kier molecular flexibility index (Phi) is 15.4. The van der Waals surface area contributed by atoms with Gasteiger partial charge in [0.1, 0.15) is 0 Å². The van der Waals surface area contributed by atoms with E-state index < -0.39 is 0 Å². The molecule has 12 saturated carbocycles. The lowest BCUT2D eigenvalue weighted by atomic mass is 9.18. The fraction of sp³-hybridized carbons (Fsp3) is 1.00. The molecule has 6 nitrogen and oxygen atoms in total. The van der Waals surface area contributed by atoms with Gasteiger partial charge in [-0.2, -0.15) is 0 Å². The zero-order valence-electron chi connectivity index (χ0n) is 55.4. The second-order valence-electron chi connectivity index (χ2n) is 37.0. The van der Waals surface area contributed by atoms with Crippen LogP contribution in [0.15, 0.2) is 0 Å². The van der Waals surface area contributed by atoms with E-state index in [0.717, 1.165) is 185 Å². The molecule has 0 N–H and O–H groups in total. The van der Waals surface area contributed by atoms with Crippen molar-refractivity contribution in [2.24, 2.45) is 107 Å². The lowest BCUT2D eigenvalue weighted by Crippen LogP contribution is -2.58. The van der Waals surface area contributed by atoms with Gasteiger partial charge in [0.25, 0.3) is 0 Å². The van der Waals surface area contributed by atoms with E-state index in [-0.39, 0.29) is 0 Å². The summed E-state index contributed by atoms with van der Waals surface area (Å²) in [6.07, 6.45) is 56.1. The van der Waals surface area contributed by atoms with Crippen LogP contribution in [0.25, 0.3) is 0 Å². The quantitative estimate of drug-likeness (QED) is 0.247. The lowest BCUT2D eigenvalue weighted by Gasteiger charge is -2.58. The Balaban J connectivity index is 0.644. The summed E-state index contributed by atoms with van der Waals surface area (Å²) in [4.78, 5) is 10.2. The highest BCUT2D eigenvalue weighted by Gasteiger charge is 2.65. The first-order valence-electron chi connectivity index (χ1n) is 39.9. The number of fused-ring (bicyclic) bond motifs is 18. The van der Waals surface area contributed by atoms with E-state index >= 15 is 0 Å². The van der Waals surface area contributed by atoms with Crippen molar-refractivity contribution in [3.63, 3.8) is 0 Å². The fourth-order valence-electron chi connectivity index (χ4n) is 31.5. The predicted molar refractivity (Wildman–Crippen MR) is 346 cm³/mol. The van der Waals surface area contributed by atoms with E-state index in [9.17, 15) is 0 Å². The van der Waals surface area contributed by atoms with Gasteiger partial charge in [0, 0.05) is 54.4 Å². The van der Waals surface area contributed by atoms with Gasteiger partial charge in [0.05, 0.1) is 36.6 Å². The molecule has 474 valence electrons. The van der Waals surface area contributed by atoms with E-state index in [0.29, 0.717) is 36.6 Å². The molecule has 6 saturated heterocycles. The zero-order valence-corrected chi connectivity index (χ0v) is 55.4. The van der Waals surface area contributed by atoms with Crippen LogP contribution in [0.4, 0.5) is 0 Å². The smallest absolute Gasteiger partial charge is 0.151 e. The Labute approximate surface area is 520 Å². The summed E-state index contributed by atoms with van der Waals surface area (Å²) in [5, 5.41) is 0. The van der Waals surface area contributed by atoms with Crippen molar-refractivity contribution in [3.8, 4) is 0 Å². The number of rotatable bonds is 6. The average molecular weight is 1160 g/mol. The molecule has 85 heavy (non-hydrogen) atoms. The normalized spacial score (nSPS) is 59.1. The molecule has 0 spiro atoms. The van der Waals surface area contributed by atoms with Gasteiger partial charge in [-0.1, -0.05) is 136 Å². The number of hydrogen-bond donors (Lipinski definition) is 0. The monoisotopic (exact) mass is 1160 g/mol. The minimum Gasteiger partial charge on any atom is -0.374 e. The predicted octanol–water partition coefficient (Wildman–Crippen LogP) is 17.6. The molecule has 0 radical (unpaired) electrons. The van der Waals surface area contributed by atoms with Crippen LogP contribution < -0.4 is 0 Å². The Hall–Kier alpha value is -0.175. The number of likely N-dealkylation sites (tertiary alicyclic amines) is 3. The summed E-state index contributed by atoms with van der Waals surface area (Å²) in [6, 6.07) is 7.28.